The van der Waals surface area contributed by atoms with Crippen LogP contribution < -0.4 is 10.2 Å². The number of carbonyl (C=O) groups is 1. The zero-order valence-corrected chi connectivity index (χ0v) is 20.9. The minimum atomic E-state index is -0.269. The van der Waals surface area contributed by atoms with E-state index in [4.69, 9.17) is 4.74 Å². The Hall–Kier alpha value is -3.64. The lowest BCUT2D eigenvalue weighted by atomic mass is 10.1. The number of benzene rings is 3. The molecule has 34 heavy (non-hydrogen) atoms. The first-order valence-electron chi connectivity index (χ1n) is 11.1. The van der Waals surface area contributed by atoms with E-state index < -0.39 is 0 Å². The van der Waals surface area contributed by atoms with Gasteiger partial charge in [-0.15, -0.1) is 0 Å². The number of halogens is 1. The molecule has 4 rings (SSSR count). The molecule has 0 aliphatic heterocycles. The van der Waals surface area contributed by atoms with Crippen molar-refractivity contribution in [2.24, 2.45) is 5.10 Å². The molecule has 1 amide bonds. The first-order chi connectivity index (χ1) is 16.4. The molecule has 4 aromatic rings. The molecule has 172 valence electrons. The predicted molar refractivity (Wildman–Crippen MR) is 141 cm³/mol. The zero-order valence-electron chi connectivity index (χ0n) is 19.3. The van der Waals surface area contributed by atoms with Crippen LogP contribution in [0.15, 0.2) is 94.5 Å². The van der Waals surface area contributed by atoms with Crippen molar-refractivity contribution in [2.75, 3.05) is 0 Å². The molecule has 0 unspecified atom stereocenters. The lowest BCUT2D eigenvalue weighted by molar-refractivity contribution is 0.0955. The Morgan fingerprint density at radius 2 is 1.74 bits per heavy atom. The summed E-state index contributed by atoms with van der Waals surface area (Å²) in [5.41, 5.74) is 8.34. The number of ether oxygens (including phenoxy) is 1. The number of hydrazone groups is 1. The van der Waals surface area contributed by atoms with Crippen LogP contribution in [0.1, 0.15) is 35.5 Å². The Morgan fingerprint density at radius 3 is 2.41 bits per heavy atom. The molecular weight excluding hydrogens is 490 g/mol. The fourth-order valence-electron chi connectivity index (χ4n) is 3.65. The van der Waals surface area contributed by atoms with E-state index in [0.29, 0.717) is 5.56 Å². The van der Waals surface area contributed by atoms with Gasteiger partial charge in [0.05, 0.1) is 22.5 Å². The lowest BCUT2D eigenvalue weighted by Crippen LogP contribution is -2.17. The number of nitrogens with zero attached hydrogens (tertiary/aromatic N) is 2. The molecule has 0 spiro atoms. The number of aryl methyl sites for hydroxylation is 1. The van der Waals surface area contributed by atoms with E-state index in [-0.39, 0.29) is 12.0 Å². The third kappa shape index (κ3) is 5.46. The molecule has 1 heterocycles. The minimum Gasteiger partial charge on any atom is -0.490 e. The fourth-order valence-corrected chi connectivity index (χ4v) is 4.14. The van der Waals surface area contributed by atoms with Crippen LogP contribution in [-0.2, 0) is 0 Å². The zero-order chi connectivity index (χ0) is 24.1. The first-order valence-corrected chi connectivity index (χ1v) is 11.9. The average molecular weight is 516 g/mol. The predicted octanol–water partition coefficient (Wildman–Crippen LogP) is 6.77. The SMILES string of the molecule is Cc1ccc(-c2ccccc2)n1-c1ccc(C(=O)N/N=C/c2ccc(OC(C)C)c(Br)c2)cc1. The minimum absolute atomic E-state index is 0.0906. The van der Waals surface area contributed by atoms with Crippen LogP contribution in [-0.4, -0.2) is 22.8 Å². The molecule has 1 N–H and O–H groups in total. The first kappa shape index (κ1) is 23.5. The molecular formula is C28H26BrN3O2. The molecule has 1 aromatic heterocycles. The number of hydrogen-bond acceptors (Lipinski definition) is 3. The highest BCUT2D eigenvalue weighted by molar-refractivity contribution is 9.10. The molecule has 0 saturated heterocycles. The van der Waals surface area contributed by atoms with Crippen LogP contribution in [0.25, 0.3) is 16.9 Å². The Balaban J connectivity index is 1.45. The van der Waals surface area contributed by atoms with Gasteiger partial charge in [0.1, 0.15) is 5.75 Å². The number of amides is 1. The summed E-state index contributed by atoms with van der Waals surface area (Å²) in [4.78, 5) is 12.6. The summed E-state index contributed by atoms with van der Waals surface area (Å²) in [6.07, 6.45) is 1.69. The van der Waals surface area contributed by atoms with Crippen LogP contribution in [0.2, 0.25) is 0 Å². The number of nitrogens with one attached hydrogen (secondary N) is 1. The highest BCUT2D eigenvalue weighted by Crippen LogP contribution is 2.27. The number of aromatic nitrogens is 1. The van der Waals surface area contributed by atoms with Crippen molar-refractivity contribution in [2.45, 2.75) is 26.9 Å². The Morgan fingerprint density at radius 1 is 1.00 bits per heavy atom. The van der Waals surface area contributed by atoms with Gasteiger partial charge in [-0.3, -0.25) is 4.79 Å². The fraction of sp³-hybridized carbons (Fsp3) is 0.143. The van der Waals surface area contributed by atoms with Gasteiger partial charge in [-0.1, -0.05) is 30.3 Å². The van der Waals surface area contributed by atoms with Crippen LogP contribution in [0.4, 0.5) is 0 Å². The van der Waals surface area contributed by atoms with Gasteiger partial charge in [-0.25, -0.2) is 5.43 Å². The van der Waals surface area contributed by atoms with Crippen molar-refractivity contribution in [1.29, 1.82) is 0 Å². The standard InChI is InChI=1S/C28H26BrN3O2/c1-19(2)34-27-16-10-21(17-25(27)29)18-30-31-28(33)23-11-13-24(14-12-23)32-20(3)9-15-26(32)22-7-5-4-6-8-22/h4-19H,1-3H3,(H,31,33)/b30-18+. The summed E-state index contributed by atoms with van der Waals surface area (Å²) in [5, 5.41) is 4.10. The molecule has 0 aliphatic carbocycles. The van der Waals surface area contributed by atoms with E-state index in [1.807, 2.05) is 74.5 Å². The maximum Gasteiger partial charge on any atom is 0.271 e. The summed E-state index contributed by atoms with van der Waals surface area (Å²) in [6.45, 7) is 6.03. The topological polar surface area (TPSA) is 55.6 Å². The summed E-state index contributed by atoms with van der Waals surface area (Å²) < 4.78 is 8.73. The van der Waals surface area contributed by atoms with Gasteiger partial charge in [-0.05, 0) is 102 Å². The Kier molecular flexibility index (Phi) is 7.28. The monoisotopic (exact) mass is 515 g/mol. The molecule has 0 saturated carbocycles. The van der Waals surface area contributed by atoms with E-state index in [1.165, 1.54) is 0 Å². The summed E-state index contributed by atoms with van der Waals surface area (Å²) in [5.74, 6) is 0.499. The van der Waals surface area contributed by atoms with Gasteiger partial charge >= 0.3 is 0 Å². The van der Waals surface area contributed by atoms with Crippen LogP contribution in [0.3, 0.4) is 0 Å². The van der Waals surface area contributed by atoms with Crippen molar-refractivity contribution in [1.82, 2.24) is 9.99 Å². The van der Waals surface area contributed by atoms with Gasteiger partial charge in [0.15, 0.2) is 0 Å². The van der Waals surface area contributed by atoms with Crippen LogP contribution in [0.5, 0.6) is 5.75 Å². The molecule has 5 nitrogen and oxygen atoms in total. The van der Waals surface area contributed by atoms with Gasteiger partial charge in [0.25, 0.3) is 5.91 Å². The van der Waals surface area contributed by atoms with Gasteiger partial charge < -0.3 is 9.30 Å². The molecule has 6 heteroatoms. The normalized spacial score (nSPS) is 11.2. The maximum absolute atomic E-state index is 12.6. The summed E-state index contributed by atoms with van der Waals surface area (Å²) >= 11 is 3.51. The Labute approximate surface area is 208 Å². The van der Waals surface area contributed by atoms with E-state index >= 15 is 0 Å². The molecule has 0 aliphatic rings. The largest absolute Gasteiger partial charge is 0.490 e. The van der Waals surface area contributed by atoms with Crippen LogP contribution in [0, 0.1) is 6.92 Å². The number of hydrogen-bond donors (Lipinski definition) is 1. The van der Waals surface area contributed by atoms with Gasteiger partial charge in [0.2, 0.25) is 0 Å². The van der Waals surface area contributed by atoms with Crippen molar-refractivity contribution in [3.63, 3.8) is 0 Å². The van der Waals surface area contributed by atoms with Gasteiger partial charge in [-0.2, -0.15) is 5.10 Å². The van der Waals surface area contributed by atoms with E-state index in [0.717, 1.165) is 38.4 Å². The van der Waals surface area contributed by atoms with E-state index in [2.05, 4.69) is 62.2 Å². The quantitative estimate of drug-likeness (QED) is 0.218. The summed E-state index contributed by atoms with van der Waals surface area (Å²) in [6, 6.07) is 27.6. The second-order valence-corrected chi connectivity index (χ2v) is 9.02. The average Bonchev–Trinajstić information content (AvgIpc) is 3.22. The lowest BCUT2D eigenvalue weighted by Gasteiger charge is -2.13. The summed E-state index contributed by atoms with van der Waals surface area (Å²) in [7, 11) is 0. The van der Waals surface area contributed by atoms with E-state index in [9.17, 15) is 4.79 Å². The van der Waals surface area contributed by atoms with Crippen molar-refractivity contribution in [3.05, 3.63) is 106 Å². The third-order valence-corrected chi connectivity index (χ3v) is 5.85. The van der Waals surface area contributed by atoms with Crippen molar-refractivity contribution in [3.8, 4) is 22.7 Å². The molecule has 3 aromatic carbocycles. The number of carbonyl (C=O) groups excluding carboxylic acids is 1. The van der Waals surface area contributed by atoms with Crippen molar-refractivity contribution >= 4 is 28.1 Å². The molecule has 0 atom stereocenters. The highest BCUT2D eigenvalue weighted by Gasteiger charge is 2.11. The van der Waals surface area contributed by atoms with E-state index in [1.54, 1.807) is 6.21 Å². The smallest absolute Gasteiger partial charge is 0.271 e. The maximum atomic E-state index is 12.6. The van der Waals surface area contributed by atoms with Crippen molar-refractivity contribution < 1.29 is 9.53 Å². The van der Waals surface area contributed by atoms with Crippen LogP contribution >= 0.6 is 15.9 Å². The second kappa shape index (κ2) is 10.5. The Bertz CT molecular complexity index is 1310. The third-order valence-electron chi connectivity index (χ3n) is 5.23. The molecule has 0 fully saturated rings. The second-order valence-electron chi connectivity index (χ2n) is 8.16. The number of rotatable bonds is 7. The molecule has 0 radical (unpaired) electrons. The highest BCUT2D eigenvalue weighted by atomic mass is 79.9. The van der Waals surface area contributed by atoms with Gasteiger partial charge in [0, 0.05) is 16.9 Å². The molecule has 0 bridgehead atoms.